The van der Waals surface area contributed by atoms with Crippen LogP contribution in [0.15, 0.2) is 72.8 Å². The monoisotopic (exact) mass is 445 g/mol. The van der Waals surface area contributed by atoms with E-state index in [1.165, 1.54) is 6.07 Å². The number of anilines is 1. The van der Waals surface area contributed by atoms with Gasteiger partial charge in [0.25, 0.3) is 0 Å². The molecule has 4 rings (SSSR count). The van der Waals surface area contributed by atoms with Crippen molar-refractivity contribution in [3.63, 3.8) is 0 Å². The van der Waals surface area contributed by atoms with Crippen molar-refractivity contribution in [2.75, 3.05) is 19.5 Å². The molecule has 0 spiro atoms. The van der Waals surface area contributed by atoms with Crippen LogP contribution in [0.3, 0.4) is 0 Å². The van der Waals surface area contributed by atoms with Gasteiger partial charge in [-0.15, -0.1) is 0 Å². The summed E-state index contributed by atoms with van der Waals surface area (Å²) in [5, 5.41) is 9.87. The molecule has 0 radical (unpaired) electrons. The molecule has 1 atom stereocenters. The van der Waals surface area contributed by atoms with Crippen molar-refractivity contribution in [3.05, 3.63) is 84.2 Å². The molecule has 6 nitrogen and oxygen atoms in total. The van der Waals surface area contributed by atoms with Gasteiger partial charge in [-0.3, -0.25) is 9.89 Å². The number of benzene rings is 3. The van der Waals surface area contributed by atoms with Gasteiger partial charge in [-0.1, -0.05) is 42.5 Å². The molecule has 0 saturated heterocycles. The molecule has 0 bridgehead atoms. The Hall–Kier alpha value is -4.13. The van der Waals surface area contributed by atoms with Crippen LogP contribution in [0.25, 0.3) is 22.4 Å². The maximum absolute atomic E-state index is 14.7. The minimum atomic E-state index is -0.564. The largest absolute Gasteiger partial charge is 0.493 e. The standard InChI is InChI=1S/C26H24FN3O3/c1-16(18-9-11-20(21(27)13-18)17-7-5-4-6-8-17)26(31)28-25-15-22(29-30-25)19-10-12-23(32-2)24(14-19)33-3/h4-16H,1-3H3,(H2,28,29,30,31). The molecule has 4 aromatic rings. The van der Waals surface area contributed by atoms with E-state index in [1.54, 1.807) is 45.4 Å². The minimum Gasteiger partial charge on any atom is -0.493 e. The van der Waals surface area contributed by atoms with Crippen molar-refractivity contribution in [3.8, 4) is 33.9 Å². The lowest BCUT2D eigenvalue weighted by Gasteiger charge is -2.13. The highest BCUT2D eigenvalue weighted by atomic mass is 19.1. The van der Waals surface area contributed by atoms with Gasteiger partial charge in [-0.25, -0.2) is 4.39 Å². The smallest absolute Gasteiger partial charge is 0.232 e. The molecule has 1 amide bonds. The van der Waals surface area contributed by atoms with Crippen molar-refractivity contribution in [2.45, 2.75) is 12.8 Å². The summed E-state index contributed by atoms with van der Waals surface area (Å²) in [7, 11) is 3.14. The number of carbonyl (C=O) groups is 1. The van der Waals surface area contributed by atoms with Crippen LogP contribution >= 0.6 is 0 Å². The Labute approximate surface area is 191 Å². The van der Waals surface area contributed by atoms with Crippen LogP contribution in [0, 0.1) is 5.82 Å². The molecule has 3 aromatic carbocycles. The van der Waals surface area contributed by atoms with Gasteiger partial charge in [-0.2, -0.15) is 5.10 Å². The van der Waals surface area contributed by atoms with Gasteiger partial charge in [0.1, 0.15) is 5.82 Å². The number of H-pyrrole nitrogens is 1. The summed E-state index contributed by atoms with van der Waals surface area (Å²) in [6, 6.07) is 21.4. The zero-order chi connectivity index (χ0) is 23.4. The lowest BCUT2D eigenvalue weighted by Crippen LogP contribution is -2.19. The highest BCUT2D eigenvalue weighted by molar-refractivity contribution is 5.95. The fourth-order valence-corrected chi connectivity index (χ4v) is 3.58. The molecule has 33 heavy (non-hydrogen) atoms. The van der Waals surface area contributed by atoms with E-state index in [2.05, 4.69) is 15.5 Å². The predicted molar refractivity (Wildman–Crippen MR) is 126 cm³/mol. The van der Waals surface area contributed by atoms with Crippen molar-refractivity contribution in [1.82, 2.24) is 10.2 Å². The average Bonchev–Trinajstić information content (AvgIpc) is 3.32. The van der Waals surface area contributed by atoms with Crippen LogP contribution in [0.5, 0.6) is 11.5 Å². The van der Waals surface area contributed by atoms with Gasteiger partial charge in [0.15, 0.2) is 17.3 Å². The zero-order valence-corrected chi connectivity index (χ0v) is 18.6. The van der Waals surface area contributed by atoms with Gasteiger partial charge in [0, 0.05) is 17.2 Å². The van der Waals surface area contributed by atoms with Crippen LogP contribution in [-0.2, 0) is 4.79 Å². The number of aromatic amines is 1. The second-order valence-electron chi connectivity index (χ2n) is 7.55. The van der Waals surface area contributed by atoms with Crippen molar-refractivity contribution >= 4 is 11.7 Å². The molecular formula is C26H24FN3O3. The molecule has 0 aliphatic heterocycles. The average molecular weight is 445 g/mol. The number of nitrogens with one attached hydrogen (secondary N) is 2. The number of amides is 1. The van der Waals surface area contributed by atoms with E-state index in [-0.39, 0.29) is 11.7 Å². The Morgan fingerprint density at radius 3 is 2.39 bits per heavy atom. The van der Waals surface area contributed by atoms with Gasteiger partial charge < -0.3 is 14.8 Å². The third-order valence-electron chi connectivity index (χ3n) is 5.49. The van der Waals surface area contributed by atoms with Crippen molar-refractivity contribution < 1.29 is 18.7 Å². The van der Waals surface area contributed by atoms with E-state index < -0.39 is 5.92 Å². The second-order valence-corrected chi connectivity index (χ2v) is 7.55. The van der Waals surface area contributed by atoms with Crippen LogP contribution in [-0.4, -0.2) is 30.3 Å². The molecule has 0 fully saturated rings. The van der Waals surface area contributed by atoms with Gasteiger partial charge in [0.2, 0.25) is 5.91 Å². The Morgan fingerprint density at radius 1 is 0.939 bits per heavy atom. The lowest BCUT2D eigenvalue weighted by atomic mass is 9.96. The number of methoxy groups -OCH3 is 2. The number of nitrogens with zero attached hydrogens (tertiary/aromatic N) is 1. The predicted octanol–water partition coefficient (Wildman–Crippen LogP) is 5.64. The third-order valence-corrected chi connectivity index (χ3v) is 5.49. The molecule has 1 heterocycles. The Bertz CT molecular complexity index is 1270. The number of hydrogen-bond donors (Lipinski definition) is 2. The van der Waals surface area contributed by atoms with Gasteiger partial charge in [0.05, 0.1) is 25.8 Å². The Morgan fingerprint density at radius 2 is 1.70 bits per heavy atom. The first-order valence-electron chi connectivity index (χ1n) is 10.4. The summed E-state index contributed by atoms with van der Waals surface area (Å²) in [5.41, 5.74) is 3.40. The number of ether oxygens (including phenoxy) is 2. The maximum atomic E-state index is 14.7. The summed E-state index contributed by atoms with van der Waals surface area (Å²) >= 11 is 0. The Kier molecular flexibility index (Phi) is 6.40. The number of aromatic nitrogens is 2. The fourth-order valence-electron chi connectivity index (χ4n) is 3.58. The van der Waals surface area contributed by atoms with E-state index in [0.717, 1.165) is 11.1 Å². The maximum Gasteiger partial charge on any atom is 0.232 e. The summed E-state index contributed by atoms with van der Waals surface area (Å²) < 4.78 is 25.3. The van der Waals surface area contributed by atoms with E-state index in [9.17, 15) is 9.18 Å². The van der Waals surface area contributed by atoms with Crippen LogP contribution in [0.4, 0.5) is 10.2 Å². The first-order chi connectivity index (χ1) is 16.0. The zero-order valence-electron chi connectivity index (χ0n) is 18.6. The molecular weight excluding hydrogens is 421 g/mol. The minimum absolute atomic E-state index is 0.285. The summed E-state index contributed by atoms with van der Waals surface area (Å²) in [5.74, 6) is 0.364. The quantitative estimate of drug-likeness (QED) is 0.386. The van der Waals surface area contributed by atoms with Crippen LogP contribution in [0.1, 0.15) is 18.4 Å². The first kappa shape index (κ1) is 22.1. The van der Waals surface area contributed by atoms with Crippen LogP contribution in [0.2, 0.25) is 0 Å². The number of halogens is 1. The van der Waals surface area contributed by atoms with Crippen molar-refractivity contribution in [1.29, 1.82) is 0 Å². The topological polar surface area (TPSA) is 76.2 Å². The lowest BCUT2D eigenvalue weighted by molar-refractivity contribution is -0.117. The normalized spacial score (nSPS) is 11.6. The highest BCUT2D eigenvalue weighted by Crippen LogP contribution is 2.32. The second kappa shape index (κ2) is 9.56. The molecule has 168 valence electrons. The molecule has 7 heteroatoms. The van der Waals surface area contributed by atoms with Crippen LogP contribution < -0.4 is 14.8 Å². The molecule has 2 N–H and O–H groups in total. The number of carbonyl (C=O) groups excluding carboxylic acids is 1. The van der Waals surface area contributed by atoms with E-state index >= 15 is 0 Å². The number of rotatable bonds is 7. The Balaban J connectivity index is 1.48. The third kappa shape index (κ3) is 4.72. The molecule has 0 saturated carbocycles. The van der Waals surface area contributed by atoms with E-state index in [0.29, 0.717) is 34.1 Å². The van der Waals surface area contributed by atoms with E-state index in [1.807, 2.05) is 42.5 Å². The summed E-state index contributed by atoms with van der Waals surface area (Å²) in [4.78, 5) is 12.8. The number of hydrogen-bond acceptors (Lipinski definition) is 4. The molecule has 1 aromatic heterocycles. The molecule has 0 aliphatic rings. The molecule has 1 unspecified atom stereocenters. The summed E-state index contributed by atoms with van der Waals surface area (Å²) in [6.07, 6.45) is 0. The first-order valence-corrected chi connectivity index (χ1v) is 10.4. The van der Waals surface area contributed by atoms with E-state index in [4.69, 9.17) is 9.47 Å². The fraction of sp³-hybridized carbons (Fsp3) is 0.154. The van der Waals surface area contributed by atoms with Crippen molar-refractivity contribution in [2.24, 2.45) is 0 Å². The SMILES string of the molecule is COc1ccc(-c2cc(NC(=O)C(C)c3ccc(-c4ccccc4)c(F)c3)n[nH]2)cc1OC. The van der Waals surface area contributed by atoms with Gasteiger partial charge >= 0.3 is 0 Å². The summed E-state index contributed by atoms with van der Waals surface area (Å²) in [6.45, 7) is 1.73. The van der Waals surface area contributed by atoms with Gasteiger partial charge in [-0.05, 0) is 42.3 Å². The molecule has 0 aliphatic carbocycles. The highest BCUT2D eigenvalue weighted by Gasteiger charge is 2.19.